The van der Waals surface area contributed by atoms with Crippen LogP contribution in [0.3, 0.4) is 0 Å². The van der Waals surface area contributed by atoms with Crippen LogP contribution in [0.4, 0.5) is 4.39 Å². The standard InChI is InChI=1S/C16H17Br2FN2/c1-2-6-21-15(8-11-7-12(17)10-20-9-11)13-4-3-5-14(18)16(13)19/h3-5,7,9-10,15,21H,2,6,8H2,1H3. The molecule has 1 heterocycles. The summed E-state index contributed by atoms with van der Waals surface area (Å²) in [5.74, 6) is -0.200. The number of rotatable bonds is 6. The molecule has 0 saturated carbocycles. The topological polar surface area (TPSA) is 24.9 Å². The summed E-state index contributed by atoms with van der Waals surface area (Å²) in [7, 11) is 0. The summed E-state index contributed by atoms with van der Waals surface area (Å²) >= 11 is 6.68. The summed E-state index contributed by atoms with van der Waals surface area (Å²) in [4.78, 5) is 4.17. The molecule has 112 valence electrons. The van der Waals surface area contributed by atoms with Gasteiger partial charge in [-0.15, -0.1) is 0 Å². The second kappa shape index (κ2) is 8.01. The number of hydrogen-bond acceptors (Lipinski definition) is 2. The summed E-state index contributed by atoms with van der Waals surface area (Å²) in [6.07, 6.45) is 5.27. The lowest BCUT2D eigenvalue weighted by atomic mass is 9.99. The second-order valence-corrected chi connectivity index (χ2v) is 6.64. The molecule has 0 aliphatic heterocycles. The Labute approximate surface area is 141 Å². The average Bonchev–Trinajstić information content (AvgIpc) is 2.47. The van der Waals surface area contributed by atoms with Gasteiger partial charge in [0.15, 0.2) is 0 Å². The fraction of sp³-hybridized carbons (Fsp3) is 0.312. The molecule has 1 aromatic heterocycles. The minimum absolute atomic E-state index is 0.0708. The van der Waals surface area contributed by atoms with Crippen LogP contribution in [0.2, 0.25) is 0 Å². The van der Waals surface area contributed by atoms with Crippen molar-refractivity contribution in [1.29, 1.82) is 0 Å². The van der Waals surface area contributed by atoms with Crippen LogP contribution in [0.5, 0.6) is 0 Å². The highest BCUT2D eigenvalue weighted by molar-refractivity contribution is 9.10. The number of nitrogens with zero attached hydrogens (tertiary/aromatic N) is 1. The molecule has 0 saturated heterocycles. The molecule has 5 heteroatoms. The third-order valence-corrected chi connectivity index (χ3v) is 4.25. The van der Waals surface area contributed by atoms with Gasteiger partial charge in [0.05, 0.1) is 4.47 Å². The number of benzene rings is 1. The van der Waals surface area contributed by atoms with Crippen molar-refractivity contribution in [3.05, 3.63) is 62.5 Å². The van der Waals surface area contributed by atoms with E-state index in [-0.39, 0.29) is 11.9 Å². The molecular weight excluding hydrogens is 399 g/mol. The fourth-order valence-electron chi connectivity index (χ4n) is 2.20. The lowest BCUT2D eigenvalue weighted by Gasteiger charge is -2.20. The minimum Gasteiger partial charge on any atom is -0.310 e. The Hall–Kier alpha value is -0.780. The van der Waals surface area contributed by atoms with Gasteiger partial charge in [-0.1, -0.05) is 19.1 Å². The first kappa shape index (κ1) is 16.6. The molecule has 0 fully saturated rings. The van der Waals surface area contributed by atoms with Gasteiger partial charge >= 0.3 is 0 Å². The van der Waals surface area contributed by atoms with Gasteiger partial charge in [0.25, 0.3) is 0 Å². The molecule has 1 aromatic carbocycles. The Kier molecular flexibility index (Phi) is 6.33. The molecule has 2 rings (SSSR count). The minimum atomic E-state index is -0.200. The van der Waals surface area contributed by atoms with E-state index in [4.69, 9.17) is 0 Å². The molecule has 0 amide bonds. The van der Waals surface area contributed by atoms with Gasteiger partial charge in [-0.2, -0.15) is 0 Å². The smallest absolute Gasteiger partial charge is 0.142 e. The van der Waals surface area contributed by atoms with Crippen LogP contribution in [0, 0.1) is 5.82 Å². The maximum Gasteiger partial charge on any atom is 0.142 e. The van der Waals surface area contributed by atoms with E-state index in [1.54, 1.807) is 12.3 Å². The monoisotopic (exact) mass is 414 g/mol. The third kappa shape index (κ3) is 4.59. The number of aromatic nitrogens is 1. The average molecular weight is 416 g/mol. The Balaban J connectivity index is 2.27. The largest absolute Gasteiger partial charge is 0.310 e. The van der Waals surface area contributed by atoms with Gasteiger partial charge in [-0.3, -0.25) is 4.98 Å². The molecule has 0 aliphatic carbocycles. The van der Waals surface area contributed by atoms with Crippen molar-refractivity contribution in [3.63, 3.8) is 0 Å². The molecule has 21 heavy (non-hydrogen) atoms. The van der Waals surface area contributed by atoms with Crippen molar-refractivity contribution < 1.29 is 4.39 Å². The van der Waals surface area contributed by atoms with Crippen LogP contribution in [-0.4, -0.2) is 11.5 Å². The molecule has 0 aliphatic rings. The van der Waals surface area contributed by atoms with Gasteiger partial charge < -0.3 is 5.32 Å². The van der Waals surface area contributed by atoms with E-state index >= 15 is 0 Å². The Morgan fingerprint density at radius 2 is 2.10 bits per heavy atom. The molecule has 2 nitrogen and oxygen atoms in total. The summed E-state index contributed by atoms with van der Waals surface area (Å²) in [5, 5.41) is 3.42. The van der Waals surface area contributed by atoms with Gasteiger partial charge in [-0.05, 0) is 68.9 Å². The Bertz CT molecular complexity index is 605. The van der Waals surface area contributed by atoms with Gasteiger partial charge in [0.2, 0.25) is 0 Å². The van der Waals surface area contributed by atoms with Crippen LogP contribution in [0.1, 0.15) is 30.5 Å². The third-order valence-electron chi connectivity index (χ3n) is 3.20. The highest BCUT2D eigenvalue weighted by atomic mass is 79.9. The maximum atomic E-state index is 14.3. The van der Waals surface area contributed by atoms with Gasteiger partial charge in [-0.25, -0.2) is 4.39 Å². The van der Waals surface area contributed by atoms with E-state index in [1.165, 1.54) is 0 Å². The molecular formula is C16H17Br2FN2. The van der Waals surface area contributed by atoms with Crippen LogP contribution >= 0.6 is 31.9 Å². The van der Waals surface area contributed by atoms with Crippen molar-refractivity contribution in [2.75, 3.05) is 6.54 Å². The Morgan fingerprint density at radius 1 is 1.29 bits per heavy atom. The molecule has 0 bridgehead atoms. The first-order valence-electron chi connectivity index (χ1n) is 6.88. The van der Waals surface area contributed by atoms with E-state index in [0.717, 1.165) is 23.0 Å². The van der Waals surface area contributed by atoms with E-state index in [2.05, 4.69) is 49.1 Å². The van der Waals surface area contributed by atoms with Crippen LogP contribution < -0.4 is 5.32 Å². The number of hydrogen-bond donors (Lipinski definition) is 1. The molecule has 0 spiro atoms. The SMILES string of the molecule is CCCNC(Cc1cncc(Br)c1)c1cccc(Br)c1F. The van der Waals surface area contributed by atoms with Crippen molar-refractivity contribution in [3.8, 4) is 0 Å². The zero-order valence-electron chi connectivity index (χ0n) is 11.7. The van der Waals surface area contributed by atoms with Crippen molar-refractivity contribution in [1.82, 2.24) is 10.3 Å². The summed E-state index contributed by atoms with van der Waals surface area (Å²) in [6, 6.07) is 7.36. The first-order valence-corrected chi connectivity index (χ1v) is 8.47. The zero-order valence-corrected chi connectivity index (χ0v) is 14.9. The highest BCUT2D eigenvalue weighted by Crippen LogP contribution is 2.26. The molecule has 0 radical (unpaired) electrons. The van der Waals surface area contributed by atoms with E-state index in [1.807, 2.05) is 24.4 Å². The van der Waals surface area contributed by atoms with E-state index < -0.39 is 0 Å². The molecule has 1 N–H and O–H groups in total. The Morgan fingerprint density at radius 3 is 2.81 bits per heavy atom. The normalized spacial score (nSPS) is 12.4. The predicted octanol–water partition coefficient (Wildman–Crippen LogP) is 5.03. The van der Waals surface area contributed by atoms with Crippen molar-refractivity contribution >= 4 is 31.9 Å². The van der Waals surface area contributed by atoms with Crippen LogP contribution in [0.15, 0.2) is 45.6 Å². The second-order valence-electron chi connectivity index (χ2n) is 4.87. The lowest BCUT2D eigenvalue weighted by Crippen LogP contribution is -2.25. The van der Waals surface area contributed by atoms with Crippen molar-refractivity contribution in [2.24, 2.45) is 0 Å². The van der Waals surface area contributed by atoms with Crippen molar-refractivity contribution in [2.45, 2.75) is 25.8 Å². The van der Waals surface area contributed by atoms with Crippen LogP contribution in [-0.2, 0) is 6.42 Å². The number of nitrogens with one attached hydrogen (secondary N) is 1. The molecule has 1 unspecified atom stereocenters. The zero-order chi connectivity index (χ0) is 15.2. The van der Waals surface area contributed by atoms with E-state index in [9.17, 15) is 4.39 Å². The lowest BCUT2D eigenvalue weighted by molar-refractivity contribution is 0.494. The summed E-state index contributed by atoms with van der Waals surface area (Å²) < 4.78 is 15.8. The fourth-order valence-corrected chi connectivity index (χ4v) is 3.00. The highest BCUT2D eigenvalue weighted by Gasteiger charge is 2.17. The summed E-state index contributed by atoms with van der Waals surface area (Å²) in [5.41, 5.74) is 1.75. The van der Waals surface area contributed by atoms with Gasteiger partial charge in [0, 0.05) is 28.5 Å². The maximum absolute atomic E-state index is 14.3. The number of halogens is 3. The quantitative estimate of drug-likeness (QED) is 0.715. The van der Waals surface area contributed by atoms with Gasteiger partial charge in [0.1, 0.15) is 5.82 Å². The molecule has 1 atom stereocenters. The summed E-state index contributed by atoms with van der Waals surface area (Å²) in [6.45, 7) is 2.94. The predicted molar refractivity (Wildman–Crippen MR) is 90.8 cm³/mol. The van der Waals surface area contributed by atoms with Crippen LogP contribution in [0.25, 0.3) is 0 Å². The van der Waals surface area contributed by atoms with E-state index in [0.29, 0.717) is 16.5 Å². The number of pyridine rings is 1. The molecule has 2 aromatic rings. The first-order chi connectivity index (χ1) is 10.1.